The maximum atomic E-state index is 13.0. The Morgan fingerprint density at radius 3 is 2.27 bits per heavy atom. The molecule has 9 heteroatoms. The summed E-state index contributed by atoms with van der Waals surface area (Å²) in [7, 11) is 0. The van der Waals surface area contributed by atoms with Gasteiger partial charge in [0, 0.05) is 21.6 Å². The summed E-state index contributed by atoms with van der Waals surface area (Å²) in [6.45, 7) is 6.15. The predicted molar refractivity (Wildman–Crippen MR) is 143 cm³/mol. The van der Waals surface area contributed by atoms with Crippen molar-refractivity contribution in [2.24, 2.45) is 0 Å². The van der Waals surface area contributed by atoms with Gasteiger partial charge in [-0.2, -0.15) is 13.2 Å². The number of aliphatic carboxylic acids is 1. The summed E-state index contributed by atoms with van der Waals surface area (Å²) in [6.07, 6.45) is -1.49. The molecule has 0 saturated heterocycles. The highest BCUT2D eigenvalue weighted by Crippen LogP contribution is 2.43. The Morgan fingerprint density at radius 2 is 1.70 bits per heavy atom. The maximum absolute atomic E-state index is 13.0. The molecule has 3 aromatic rings. The number of halogens is 3. The van der Waals surface area contributed by atoms with Crippen molar-refractivity contribution in [1.29, 1.82) is 0 Å². The van der Waals surface area contributed by atoms with Gasteiger partial charge >= 0.3 is 12.1 Å². The molecular weight excluding hydrogens is 519 g/mol. The van der Waals surface area contributed by atoms with E-state index in [1.807, 2.05) is 19.9 Å². The van der Waals surface area contributed by atoms with E-state index in [2.05, 4.69) is 24.4 Å². The van der Waals surface area contributed by atoms with Gasteiger partial charge in [0.2, 0.25) is 0 Å². The predicted octanol–water partition coefficient (Wildman–Crippen LogP) is 8.28. The third-order valence-corrected chi connectivity index (χ3v) is 8.53. The number of carboxylic acid groups (broad SMARTS) is 1. The number of thioether (sulfide) groups is 1. The molecule has 0 aliphatic carbocycles. The minimum atomic E-state index is -4.36. The molecule has 2 aromatic carbocycles. The molecule has 0 aliphatic rings. The van der Waals surface area contributed by atoms with Crippen LogP contribution in [-0.2, 0) is 11.0 Å². The first-order chi connectivity index (χ1) is 17.5. The molecule has 2 N–H and O–H groups in total. The molecule has 37 heavy (non-hydrogen) atoms. The molecule has 3 rings (SSSR count). The number of thiophene rings is 1. The lowest BCUT2D eigenvalue weighted by Gasteiger charge is -2.18. The molecule has 4 nitrogen and oxygen atoms in total. The number of benzene rings is 2. The number of aryl methyl sites for hydroxylation is 2. The minimum absolute atomic E-state index is 0.0826. The van der Waals surface area contributed by atoms with Gasteiger partial charge in [-0.3, -0.25) is 9.59 Å². The van der Waals surface area contributed by atoms with Crippen LogP contribution in [0.25, 0.3) is 11.1 Å². The topological polar surface area (TPSA) is 66.4 Å². The van der Waals surface area contributed by atoms with Crippen molar-refractivity contribution in [3.63, 3.8) is 0 Å². The van der Waals surface area contributed by atoms with Gasteiger partial charge in [0.05, 0.1) is 16.9 Å². The molecule has 0 unspecified atom stereocenters. The third kappa shape index (κ3) is 7.85. The standard InChI is InChI=1S/C28H30F3NO3S2/c1-4-5-6-22(23-11-12-24(37-23)27(35)32-14-13-25(33)34)36-21-15-17(2)26(18(3)16-21)19-7-9-20(10-8-19)28(29,30)31/h7-12,15-16,22H,4-6,13-14H2,1-3H3,(H,32,35)(H,33,34)/t22-/m1/s1. The highest BCUT2D eigenvalue weighted by Gasteiger charge is 2.30. The lowest BCUT2D eigenvalue weighted by atomic mass is 9.95. The number of hydrogen-bond donors (Lipinski definition) is 2. The lowest BCUT2D eigenvalue weighted by Crippen LogP contribution is -2.25. The van der Waals surface area contributed by atoms with Gasteiger partial charge in [0.15, 0.2) is 0 Å². The number of carbonyl (C=O) groups excluding carboxylic acids is 1. The molecular formula is C28H30F3NO3S2. The lowest BCUT2D eigenvalue weighted by molar-refractivity contribution is -0.138. The molecule has 1 heterocycles. The summed E-state index contributed by atoms with van der Waals surface area (Å²) in [6, 6.07) is 13.1. The first-order valence-electron chi connectivity index (χ1n) is 12.0. The molecule has 0 radical (unpaired) electrons. The van der Waals surface area contributed by atoms with Gasteiger partial charge in [-0.05, 0) is 78.9 Å². The van der Waals surface area contributed by atoms with E-state index < -0.39 is 17.7 Å². The summed E-state index contributed by atoms with van der Waals surface area (Å²) in [5.41, 5.74) is 2.99. The molecule has 0 spiro atoms. The van der Waals surface area contributed by atoms with Gasteiger partial charge in [-0.25, -0.2) is 0 Å². The van der Waals surface area contributed by atoms with Crippen LogP contribution in [0.5, 0.6) is 0 Å². The molecule has 0 bridgehead atoms. The molecule has 1 atom stereocenters. The summed E-state index contributed by atoms with van der Waals surface area (Å²) in [4.78, 5) is 25.8. The van der Waals surface area contributed by atoms with Crippen LogP contribution in [-0.4, -0.2) is 23.5 Å². The van der Waals surface area contributed by atoms with E-state index in [-0.39, 0.29) is 24.1 Å². The zero-order chi connectivity index (χ0) is 27.2. The summed E-state index contributed by atoms with van der Waals surface area (Å²) in [5, 5.41) is 11.6. The van der Waals surface area contributed by atoms with Crippen molar-refractivity contribution in [3.05, 3.63) is 75.0 Å². The van der Waals surface area contributed by atoms with Crippen LogP contribution in [0.15, 0.2) is 53.4 Å². The molecule has 1 aromatic heterocycles. The molecule has 0 fully saturated rings. The third-order valence-electron chi connectivity index (χ3n) is 5.90. The van der Waals surface area contributed by atoms with Crippen LogP contribution in [0.3, 0.4) is 0 Å². The van der Waals surface area contributed by atoms with Crippen molar-refractivity contribution in [1.82, 2.24) is 5.32 Å². The number of hydrogen-bond acceptors (Lipinski definition) is 4. The zero-order valence-electron chi connectivity index (χ0n) is 20.9. The Bertz CT molecular complexity index is 1210. The number of unbranched alkanes of at least 4 members (excludes halogenated alkanes) is 1. The molecule has 198 valence electrons. The maximum Gasteiger partial charge on any atom is 0.416 e. The Hall–Kier alpha value is -2.78. The van der Waals surface area contributed by atoms with E-state index in [0.717, 1.165) is 63.4 Å². The van der Waals surface area contributed by atoms with Crippen LogP contribution in [0.4, 0.5) is 13.2 Å². The minimum Gasteiger partial charge on any atom is -0.481 e. The Balaban J connectivity index is 1.80. The van der Waals surface area contributed by atoms with E-state index in [1.54, 1.807) is 17.8 Å². The van der Waals surface area contributed by atoms with Gasteiger partial charge in [0.1, 0.15) is 0 Å². The molecule has 0 saturated carbocycles. The largest absolute Gasteiger partial charge is 0.481 e. The zero-order valence-corrected chi connectivity index (χ0v) is 22.6. The van der Waals surface area contributed by atoms with Crippen LogP contribution in [0.2, 0.25) is 0 Å². The van der Waals surface area contributed by atoms with Crippen molar-refractivity contribution in [2.45, 2.75) is 62.8 Å². The smallest absolute Gasteiger partial charge is 0.416 e. The van der Waals surface area contributed by atoms with Crippen LogP contribution < -0.4 is 5.32 Å². The average Bonchev–Trinajstić information content (AvgIpc) is 3.31. The SMILES string of the molecule is CCCC[C@@H](Sc1cc(C)c(-c2ccc(C(F)(F)F)cc2)c(C)c1)c1ccc(C(=O)NCCC(=O)O)s1. The second-order valence-corrected chi connectivity index (χ2v) is 11.2. The fourth-order valence-electron chi connectivity index (χ4n) is 4.10. The Morgan fingerprint density at radius 1 is 1.05 bits per heavy atom. The number of carbonyl (C=O) groups is 2. The van der Waals surface area contributed by atoms with Crippen LogP contribution >= 0.6 is 23.1 Å². The summed E-state index contributed by atoms with van der Waals surface area (Å²) in [5.74, 6) is -1.23. The Labute approximate surface area is 223 Å². The van der Waals surface area contributed by atoms with Gasteiger partial charge < -0.3 is 10.4 Å². The number of rotatable bonds is 11. The van der Waals surface area contributed by atoms with E-state index in [0.29, 0.717) is 4.88 Å². The van der Waals surface area contributed by atoms with E-state index in [9.17, 15) is 22.8 Å². The van der Waals surface area contributed by atoms with E-state index in [4.69, 9.17) is 5.11 Å². The highest BCUT2D eigenvalue weighted by atomic mass is 32.2. The fourth-order valence-corrected chi connectivity index (χ4v) is 6.63. The molecule has 1 amide bonds. The summed E-state index contributed by atoms with van der Waals surface area (Å²) < 4.78 is 38.9. The van der Waals surface area contributed by atoms with Crippen molar-refractivity contribution < 1.29 is 27.9 Å². The summed E-state index contributed by atoms with van der Waals surface area (Å²) >= 11 is 3.14. The van der Waals surface area contributed by atoms with E-state index in [1.165, 1.54) is 23.5 Å². The average molecular weight is 550 g/mol. The number of amides is 1. The monoisotopic (exact) mass is 549 g/mol. The first-order valence-corrected chi connectivity index (χ1v) is 13.7. The van der Waals surface area contributed by atoms with Crippen LogP contribution in [0.1, 0.15) is 69.1 Å². The van der Waals surface area contributed by atoms with Gasteiger partial charge in [0.25, 0.3) is 5.91 Å². The second-order valence-electron chi connectivity index (χ2n) is 8.86. The Kier molecular flexibility index (Phi) is 9.84. The van der Waals surface area contributed by atoms with Gasteiger partial charge in [-0.1, -0.05) is 31.9 Å². The van der Waals surface area contributed by atoms with Gasteiger partial charge in [-0.15, -0.1) is 23.1 Å². The number of nitrogens with one attached hydrogen (secondary N) is 1. The van der Waals surface area contributed by atoms with E-state index >= 15 is 0 Å². The number of carboxylic acids is 1. The van der Waals surface area contributed by atoms with Crippen molar-refractivity contribution >= 4 is 35.0 Å². The van der Waals surface area contributed by atoms with Crippen LogP contribution in [0, 0.1) is 13.8 Å². The normalized spacial score (nSPS) is 12.4. The highest BCUT2D eigenvalue weighted by molar-refractivity contribution is 7.99. The van der Waals surface area contributed by atoms with Crippen molar-refractivity contribution in [3.8, 4) is 11.1 Å². The number of alkyl halides is 3. The fraction of sp³-hybridized carbons (Fsp3) is 0.357. The quantitative estimate of drug-likeness (QED) is 0.236. The second kappa shape index (κ2) is 12.6. The first kappa shape index (κ1) is 28.8. The van der Waals surface area contributed by atoms with Crippen molar-refractivity contribution in [2.75, 3.05) is 6.54 Å². The molecule has 0 aliphatic heterocycles.